The van der Waals surface area contributed by atoms with Gasteiger partial charge in [0, 0.05) is 38.3 Å². The van der Waals surface area contributed by atoms with E-state index in [1.807, 2.05) is 6.92 Å². The topological polar surface area (TPSA) is 39.7 Å². The van der Waals surface area contributed by atoms with E-state index >= 15 is 0 Å². The Kier molecular flexibility index (Phi) is 7.62. The van der Waals surface area contributed by atoms with E-state index in [0.717, 1.165) is 44.5 Å². The van der Waals surface area contributed by atoms with Gasteiger partial charge in [-0.25, -0.2) is 8.78 Å². The maximum Gasteiger partial charge on any atom is 0.191 e. The van der Waals surface area contributed by atoms with Crippen LogP contribution >= 0.6 is 0 Å². The molecule has 0 radical (unpaired) electrons. The van der Waals surface area contributed by atoms with Crippen LogP contribution in [0.15, 0.2) is 23.2 Å². The number of nitrogens with zero attached hydrogens (tertiary/aromatic N) is 2. The molecule has 0 bridgehead atoms. The average molecular weight is 352 g/mol. The first-order valence-corrected chi connectivity index (χ1v) is 9.22. The molecule has 1 aliphatic rings. The van der Waals surface area contributed by atoms with E-state index in [-0.39, 0.29) is 5.82 Å². The summed E-state index contributed by atoms with van der Waals surface area (Å²) in [7, 11) is 0. The quantitative estimate of drug-likeness (QED) is 0.611. The Morgan fingerprint density at radius 1 is 1.28 bits per heavy atom. The van der Waals surface area contributed by atoms with Gasteiger partial charge in [-0.15, -0.1) is 0 Å². The van der Waals surface area contributed by atoms with Crippen LogP contribution in [0, 0.1) is 11.6 Å². The molecule has 1 saturated heterocycles. The number of likely N-dealkylation sites (tertiary alicyclic amines) is 1. The van der Waals surface area contributed by atoms with Crippen LogP contribution in [-0.4, -0.2) is 49.1 Å². The number of nitrogens with one attached hydrogen (secondary N) is 2. The summed E-state index contributed by atoms with van der Waals surface area (Å²) in [5.74, 6) is -0.0414. The van der Waals surface area contributed by atoms with E-state index in [4.69, 9.17) is 0 Å². The number of aliphatic imine (C=N–C) groups is 1. The highest BCUT2D eigenvalue weighted by Crippen LogP contribution is 2.13. The van der Waals surface area contributed by atoms with Crippen LogP contribution in [0.3, 0.4) is 0 Å². The van der Waals surface area contributed by atoms with Crippen LogP contribution in [0.5, 0.6) is 0 Å². The first-order valence-electron chi connectivity index (χ1n) is 9.22. The minimum Gasteiger partial charge on any atom is -0.357 e. The molecule has 0 amide bonds. The zero-order chi connectivity index (χ0) is 18.2. The monoisotopic (exact) mass is 352 g/mol. The summed E-state index contributed by atoms with van der Waals surface area (Å²) in [5.41, 5.74) is 0.366. The molecular weight excluding hydrogens is 322 g/mol. The molecule has 2 N–H and O–H groups in total. The Balaban J connectivity index is 1.87. The molecule has 4 nitrogen and oxygen atoms in total. The number of hydrogen-bond donors (Lipinski definition) is 2. The van der Waals surface area contributed by atoms with Crippen molar-refractivity contribution in [3.05, 3.63) is 35.4 Å². The normalized spacial score (nSPS) is 17.1. The van der Waals surface area contributed by atoms with Gasteiger partial charge >= 0.3 is 0 Å². The van der Waals surface area contributed by atoms with Crippen molar-refractivity contribution in [1.29, 1.82) is 0 Å². The molecule has 1 aromatic rings. The van der Waals surface area contributed by atoms with Crippen LogP contribution in [0.25, 0.3) is 0 Å². The largest absolute Gasteiger partial charge is 0.357 e. The fourth-order valence-electron chi connectivity index (χ4n) is 3.10. The standard InChI is InChI=1S/C19H30F2N4/c1-4-22-19(24-17-8-11-25(12-9-17)14(2)3)23-10-7-15-13-16(20)5-6-18(15)21/h5-6,13-14,17H,4,7-12H2,1-3H3,(H2,22,23,24). The van der Waals surface area contributed by atoms with Crippen molar-refractivity contribution in [1.82, 2.24) is 15.5 Å². The van der Waals surface area contributed by atoms with Crippen molar-refractivity contribution < 1.29 is 8.78 Å². The lowest BCUT2D eigenvalue weighted by Crippen LogP contribution is -2.49. The minimum atomic E-state index is -0.415. The summed E-state index contributed by atoms with van der Waals surface area (Å²) in [6, 6.07) is 4.53. The molecule has 2 rings (SSSR count). The highest BCUT2D eigenvalue weighted by atomic mass is 19.1. The molecule has 25 heavy (non-hydrogen) atoms. The van der Waals surface area contributed by atoms with E-state index in [2.05, 4.69) is 34.4 Å². The van der Waals surface area contributed by atoms with Crippen molar-refractivity contribution in [2.75, 3.05) is 26.2 Å². The molecule has 0 atom stereocenters. The molecule has 0 saturated carbocycles. The maximum atomic E-state index is 13.7. The van der Waals surface area contributed by atoms with Gasteiger partial charge in [0.2, 0.25) is 0 Å². The molecular formula is C19H30F2N4. The molecule has 6 heteroatoms. The molecule has 0 unspecified atom stereocenters. The summed E-state index contributed by atoms with van der Waals surface area (Å²) < 4.78 is 26.9. The van der Waals surface area contributed by atoms with Gasteiger partial charge in [-0.1, -0.05) is 0 Å². The first-order chi connectivity index (χ1) is 12.0. The zero-order valence-corrected chi connectivity index (χ0v) is 15.5. The third-order valence-corrected chi connectivity index (χ3v) is 4.60. The third kappa shape index (κ3) is 6.27. The lowest BCUT2D eigenvalue weighted by atomic mass is 10.0. The molecule has 140 valence electrons. The van der Waals surface area contributed by atoms with Crippen molar-refractivity contribution in [3.63, 3.8) is 0 Å². The molecule has 0 spiro atoms. The third-order valence-electron chi connectivity index (χ3n) is 4.60. The summed E-state index contributed by atoms with van der Waals surface area (Å²) in [6.45, 7) is 9.83. The minimum absolute atomic E-state index is 0.366. The lowest BCUT2D eigenvalue weighted by molar-refractivity contribution is 0.167. The predicted octanol–water partition coefficient (Wildman–Crippen LogP) is 2.94. The Morgan fingerprint density at radius 3 is 2.64 bits per heavy atom. The van der Waals surface area contributed by atoms with E-state index in [1.165, 1.54) is 12.1 Å². The van der Waals surface area contributed by atoms with E-state index in [1.54, 1.807) is 0 Å². The van der Waals surface area contributed by atoms with Gasteiger partial charge in [-0.3, -0.25) is 4.99 Å². The van der Waals surface area contributed by atoms with Crippen LogP contribution < -0.4 is 10.6 Å². The molecule has 1 aliphatic heterocycles. The molecule has 1 fully saturated rings. The van der Waals surface area contributed by atoms with Crippen LogP contribution in [0.4, 0.5) is 8.78 Å². The van der Waals surface area contributed by atoms with Crippen molar-refractivity contribution >= 4 is 5.96 Å². The molecule has 0 aliphatic carbocycles. The van der Waals surface area contributed by atoms with Gasteiger partial charge in [-0.05, 0) is 63.8 Å². The Morgan fingerprint density at radius 2 is 2.00 bits per heavy atom. The highest BCUT2D eigenvalue weighted by Gasteiger charge is 2.21. The fourth-order valence-corrected chi connectivity index (χ4v) is 3.10. The van der Waals surface area contributed by atoms with E-state index in [0.29, 0.717) is 30.6 Å². The molecule has 1 aromatic carbocycles. The van der Waals surface area contributed by atoms with Crippen LogP contribution in [-0.2, 0) is 6.42 Å². The van der Waals surface area contributed by atoms with Gasteiger partial charge in [0.25, 0.3) is 0 Å². The smallest absolute Gasteiger partial charge is 0.191 e. The number of guanidine groups is 1. The van der Waals surface area contributed by atoms with E-state index < -0.39 is 5.82 Å². The number of halogens is 2. The number of benzene rings is 1. The summed E-state index contributed by atoms with van der Waals surface area (Å²) in [6.07, 6.45) is 2.55. The Bertz CT molecular complexity index is 567. The lowest BCUT2D eigenvalue weighted by Gasteiger charge is -2.35. The van der Waals surface area contributed by atoms with Gasteiger partial charge in [-0.2, -0.15) is 0 Å². The highest BCUT2D eigenvalue weighted by molar-refractivity contribution is 5.80. The molecule has 0 aromatic heterocycles. The van der Waals surface area contributed by atoms with Crippen molar-refractivity contribution in [3.8, 4) is 0 Å². The second kappa shape index (κ2) is 9.70. The summed E-state index contributed by atoms with van der Waals surface area (Å²) in [4.78, 5) is 7.00. The van der Waals surface area contributed by atoms with Gasteiger partial charge in [0.1, 0.15) is 11.6 Å². The number of rotatable bonds is 6. The second-order valence-corrected chi connectivity index (χ2v) is 6.79. The van der Waals surface area contributed by atoms with Gasteiger partial charge in [0.15, 0.2) is 5.96 Å². The van der Waals surface area contributed by atoms with E-state index in [9.17, 15) is 8.78 Å². The van der Waals surface area contributed by atoms with Gasteiger partial charge in [0.05, 0.1) is 0 Å². The van der Waals surface area contributed by atoms with Crippen molar-refractivity contribution in [2.45, 2.75) is 52.1 Å². The first kappa shape index (κ1) is 19.6. The average Bonchev–Trinajstić information content (AvgIpc) is 2.58. The Hall–Kier alpha value is -1.69. The number of piperidine rings is 1. The molecule has 1 heterocycles. The maximum absolute atomic E-state index is 13.7. The Labute approximate surface area is 149 Å². The van der Waals surface area contributed by atoms with Crippen LogP contribution in [0.1, 0.15) is 39.2 Å². The van der Waals surface area contributed by atoms with Gasteiger partial charge < -0.3 is 15.5 Å². The van der Waals surface area contributed by atoms with Crippen molar-refractivity contribution in [2.24, 2.45) is 4.99 Å². The summed E-state index contributed by atoms with van der Waals surface area (Å²) in [5, 5.41) is 6.71. The second-order valence-electron chi connectivity index (χ2n) is 6.79. The fraction of sp³-hybridized carbons (Fsp3) is 0.632. The van der Waals surface area contributed by atoms with Crippen LogP contribution in [0.2, 0.25) is 0 Å². The predicted molar refractivity (Wildman–Crippen MR) is 98.9 cm³/mol. The zero-order valence-electron chi connectivity index (χ0n) is 15.5. The SMILES string of the molecule is CCNC(=NCCc1cc(F)ccc1F)NC1CCN(C(C)C)CC1. The number of hydrogen-bond acceptors (Lipinski definition) is 2. The summed E-state index contributed by atoms with van der Waals surface area (Å²) >= 11 is 0.